The van der Waals surface area contributed by atoms with Crippen LogP contribution in [0, 0.1) is 13.8 Å². The van der Waals surface area contributed by atoms with Gasteiger partial charge in [0.15, 0.2) is 0 Å². The standard InChI is InChI=1S/C10H17N3O/c1-4-13-8(3)9(5-6-11)7(2)12-10(13)14/h4-6,11H2,1-3H3. The Labute approximate surface area is 83.8 Å². The van der Waals surface area contributed by atoms with Crippen molar-refractivity contribution in [1.29, 1.82) is 0 Å². The molecule has 0 aliphatic rings. The van der Waals surface area contributed by atoms with E-state index in [2.05, 4.69) is 4.98 Å². The molecule has 0 aromatic carbocycles. The van der Waals surface area contributed by atoms with Crippen LogP contribution in [0.2, 0.25) is 0 Å². The fraction of sp³-hybridized carbons (Fsp3) is 0.600. The molecule has 0 fully saturated rings. The quantitative estimate of drug-likeness (QED) is 0.758. The van der Waals surface area contributed by atoms with Gasteiger partial charge in [0.25, 0.3) is 0 Å². The molecular weight excluding hydrogens is 178 g/mol. The largest absolute Gasteiger partial charge is 0.347 e. The molecule has 0 spiro atoms. The first-order valence-electron chi connectivity index (χ1n) is 4.88. The summed E-state index contributed by atoms with van der Waals surface area (Å²) in [6.07, 6.45) is 0.783. The van der Waals surface area contributed by atoms with E-state index in [1.807, 2.05) is 20.8 Å². The Morgan fingerprint density at radius 1 is 1.43 bits per heavy atom. The number of aryl methyl sites for hydroxylation is 1. The SMILES string of the molecule is CCn1c(C)c(CCN)c(C)nc1=O. The van der Waals surface area contributed by atoms with Crippen LogP contribution >= 0.6 is 0 Å². The molecule has 0 saturated carbocycles. The van der Waals surface area contributed by atoms with Crippen molar-refractivity contribution in [2.45, 2.75) is 33.7 Å². The Morgan fingerprint density at radius 2 is 2.07 bits per heavy atom. The summed E-state index contributed by atoms with van der Waals surface area (Å²) in [7, 11) is 0. The van der Waals surface area contributed by atoms with Crippen LogP contribution in [0.4, 0.5) is 0 Å². The van der Waals surface area contributed by atoms with Gasteiger partial charge in [-0.15, -0.1) is 0 Å². The fourth-order valence-corrected chi connectivity index (χ4v) is 1.72. The number of rotatable bonds is 3. The van der Waals surface area contributed by atoms with E-state index in [1.54, 1.807) is 4.57 Å². The molecule has 1 aromatic rings. The number of hydrogen-bond donors (Lipinski definition) is 1. The zero-order chi connectivity index (χ0) is 10.7. The first-order valence-corrected chi connectivity index (χ1v) is 4.88. The van der Waals surface area contributed by atoms with Gasteiger partial charge in [0, 0.05) is 17.9 Å². The first kappa shape index (κ1) is 10.9. The lowest BCUT2D eigenvalue weighted by molar-refractivity contribution is 0.654. The Kier molecular flexibility index (Phi) is 3.41. The van der Waals surface area contributed by atoms with E-state index in [-0.39, 0.29) is 5.69 Å². The van der Waals surface area contributed by atoms with Gasteiger partial charge in [-0.2, -0.15) is 4.98 Å². The van der Waals surface area contributed by atoms with Gasteiger partial charge < -0.3 is 5.73 Å². The average Bonchev–Trinajstić information content (AvgIpc) is 2.12. The zero-order valence-electron chi connectivity index (χ0n) is 9.00. The van der Waals surface area contributed by atoms with Gasteiger partial charge in [-0.3, -0.25) is 4.57 Å². The second kappa shape index (κ2) is 4.37. The van der Waals surface area contributed by atoms with E-state index in [1.165, 1.54) is 0 Å². The molecule has 0 saturated heterocycles. The van der Waals surface area contributed by atoms with E-state index in [0.29, 0.717) is 13.1 Å². The van der Waals surface area contributed by atoms with Crippen LogP contribution in [0.15, 0.2) is 4.79 Å². The van der Waals surface area contributed by atoms with Gasteiger partial charge in [0.05, 0.1) is 0 Å². The molecule has 0 atom stereocenters. The Balaban J connectivity index is 3.36. The number of aromatic nitrogens is 2. The van der Waals surface area contributed by atoms with Crippen molar-refractivity contribution in [3.05, 3.63) is 27.4 Å². The molecule has 4 heteroatoms. The van der Waals surface area contributed by atoms with E-state index < -0.39 is 0 Å². The summed E-state index contributed by atoms with van der Waals surface area (Å²) >= 11 is 0. The Bertz CT molecular complexity index is 382. The van der Waals surface area contributed by atoms with Crippen molar-refractivity contribution >= 4 is 0 Å². The monoisotopic (exact) mass is 195 g/mol. The van der Waals surface area contributed by atoms with Gasteiger partial charge in [0.1, 0.15) is 0 Å². The highest BCUT2D eigenvalue weighted by Crippen LogP contribution is 2.09. The molecular formula is C10H17N3O. The third-order valence-electron chi connectivity index (χ3n) is 2.48. The van der Waals surface area contributed by atoms with Crippen molar-refractivity contribution in [2.75, 3.05) is 6.54 Å². The van der Waals surface area contributed by atoms with Gasteiger partial charge in [-0.25, -0.2) is 4.79 Å². The van der Waals surface area contributed by atoms with E-state index in [0.717, 1.165) is 23.4 Å². The van der Waals surface area contributed by atoms with Gasteiger partial charge >= 0.3 is 5.69 Å². The van der Waals surface area contributed by atoms with E-state index in [4.69, 9.17) is 5.73 Å². The van der Waals surface area contributed by atoms with Gasteiger partial charge in [-0.1, -0.05) is 0 Å². The highest BCUT2D eigenvalue weighted by atomic mass is 16.1. The molecule has 0 aliphatic heterocycles. The highest BCUT2D eigenvalue weighted by molar-refractivity contribution is 5.24. The summed E-state index contributed by atoms with van der Waals surface area (Å²) in [5.41, 5.74) is 8.26. The van der Waals surface area contributed by atoms with Crippen molar-refractivity contribution in [1.82, 2.24) is 9.55 Å². The minimum atomic E-state index is -0.164. The lowest BCUT2D eigenvalue weighted by Crippen LogP contribution is -2.27. The fourth-order valence-electron chi connectivity index (χ4n) is 1.72. The molecule has 1 heterocycles. The molecule has 4 nitrogen and oxygen atoms in total. The Morgan fingerprint density at radius 3 is 2.57 bits per heavy atom. The lowest BCUT2D eigenvalue weighted by Gasteiger charge is -2.13. The maximum atomic E-state index is 11.5. The number of hydrogen-bond acceptors (Lipinski definition) is 3. The summed E-state index contributed by atoms with van der Waals surface area (Å²) in [6, 6.07) is 0. The minimum Gasteiger partial charge on any atom is -0.330 e. The maximum absolute atomic E-state index is 11.5. The van der Waals surface area contributed by atoms with Crippen LogP contribution in [0.25, 0.3) is 0 Å². The molecule has 1 aromatic heterocycles. The van der Waals surface area contributed by atoms with Crippen LogP contribution in [-0.4, -0.2) is 16.1 Å². The van der Waals surface area contributed by atoms with Gasteiger partial charge in [-0.05, 0) is 39.3 Å². The third kappa shape index (κ3) is 1.85. The van der Waals surface area contributed by atoms with E-state index >= 15 is 0 Å². The van der Waals surface area contributed by atoms with Crippen LogP contribution < -0.4 is 11.4 Å². The molecule has 0 unspecified atom stereocenters. The maximum Gasteiger partial charge on any atom is 0.347 e. The van der Waals surface area contributed by atoms with Crippen molar-refractivity contribution < 1.29 is 0 Å². The molecule has 78 valence electrons. The molecule has 0 radical (unpaired) electrons. The van der Waals surface area contributed by atoms with Crippen molar-refractivity contribution in [3.8, 4) is 0 Å². The van der Waals surface area contributed by atoms with Crippen LogP contribution in [0.5, 0.6) is 0 Å². The molecule has 1 rings (SSSR count). The smallest absolute Gasteiger partial charge is 0.330 e. The Hall–Kier alpha value is -1.16. The second-order valence-corrected chi connectivity index (χ2v) is 3.33. The topological polar surface area (TPSA) is 60.9 Å². The summed E-state index contributed by atoms with van der Waals surface area (Å²) in [4.78, 5) is 15.4. The first-order chi connectivity index (χ1) is 6.61. The third-order valence-corrected chi connectivity index (χ3v) is 2.48. The summed E-state index contributed by atoms with van der Waals surface area (Å²) in [5.74, 6) is 0. The van der Waals surface area contributed by atoms with Crippen LogP contribution in [0.1, 0.15) is 23.9 Å². The van der Waals surface area contributed by atoms with Crippen molar-refractivity contribution in [3.63, 3.8) is 0 Å². The molecule has 14 heavy (non-hydrogen) atoms. The summed E-state index contributed by atoms with van der Waals surface area (Å²) < 4.78 is 1.68. The molecule has 0 aliphatic carbocycles. The van der Waals surface area contributed by atoms with Crippen molar-refractivity contribution in [2.24, 2.45) is 5.73 Å². The predicted octanol–water partition coefficient (Wildman–Crippen LogP) is 0.381. The zero-order valence-corrected chi connectivity index (χ0v) is 9.00. The van der Waals surface area contributed by atoms with Crippen LogP contribution in [0.3, 0.4) is 0 Å². The number of nitrogens with zero attached hydrogens (tertiary/aromatic N) is 2. The average molecular weight is 195 g/mol. The van der Waals surface area contributed by atoms with Crippen LogP contribution in [-0.2, 0) is 13.0 Å². The second-order valence-electron chi connectivity index (χ2n) is 3.33. The lowest BCUT2D eigenvalue weighted by atomic mass is 10.1. The molecule has 0 amide bonds. The van der Waals surface area contributed by atoms with E-state index in [9.17, 15) is 4.79 Å². The summed E-state index contributed by atoms with van der Waals surface area (Å²) in [6.45, 7) is 7.00. The molecule has 0 bridgehead atoms. The minimum absolute atomic E-state index is 0.164. The summed E-state index contributed by atoms with van der Waals surface area (Å²) in [5, 5.41) is 0. The molecule has 2 N–H and O–H groups in total. The predicted molar refractivity (Wildman–Crippen MR) is 56.4 cm³/mol. The van der Waals surface area contributed by atoms with Gasteiger partial charge in [0.2, 0.25) is 0 Å². The normalized spacial score (nSPS) is 10.6. The number of nitrogens with two attached hydrogens (primary N) is 1. The highest BCUT2D eigenvalue weighted by Gasteiger charge is 2.08.